The Kier molecular flexibility index (Phi) is 2.78. The molecule has 80 valence electrons. The van der Waals surface area contributed by atoms with Gasteiger partial charge in [0.2, 0.25) is 0 Å². The molecular formula is C13H17NO. The molecule has 0 bridgehead atoms. The van der Waals surface area contributed by atoms with Crippen molar-refractivity contribution in [3.63, 3.8) is 0 Å². The molecule has 1 aliphatic rings. The summed E-state index contributed by atoms with van der Waals surface area (Å²) in [6.45, 7) is 6.58. The van der Waals surface area contributed by atoms with Crippen LogP contribution in [0.15, 0.2) is 36.4 Å². The van der Waals surface area contributed by atoms with Crippen molar-refractivity contribution in [2.24, 2.45) is 11.7 Å². The van der Waals surface area contributed by atoms with E-state index < -0.39 is 0 Å². The van der Waals surface area contributed by atoms with E-state index in [0.717, 1.165) is 17.7 Å². The van der Waals surface area contributed by atoms with Crippen molar-refractivity contribution in [1.82, 2.24) is 0 Å². The van der Waals surface area contributed by atoms with Crippen LogP contribution in [0.25, 0.3) is 0 Å². The van der Waals surface area contributed by atoms with Gasteiger partial charge in [0.05, 0.1) is 6.61 Å². The Morgan fingerprint density at radius 2 is 2.27 bits per heavy atom. The van der Waals surface area contributed by atoms with Crippen molar-refractivity contribution in [2.45, 2.75) is 19.4 Å². The third kappa shape index (κ3) is 2.05. The van der Waals surface area contributed by atoms with Crippen molar-refractivity contribution in [3.05, 3.63) is 42.0 Å². The highest BCUT2D eigenvalue weighted by Gasteiger charge is 2.25. The van der Waals surface area contributed by atoms with Gasteiger partial charge in [-0.2, -0.15) is 0 Å². The monoisotopic (exact) mass is 203 g/mol. The molecule has 1 aromatic rings. The van der Waals surface area contributed by atoms with Crippen LogP contribution in [0.4, 0.5) is 0 Å². The number of fused-ring (bicyclic) bond motifs is 1. The molecule has 0 aliphatic carbocycles. The van der Waals surface area contributed by atoms with E-state index in [1.807, 2.05) is 25.1 Å². The average molecular weight is 203 g/mol. The summed E-state index contributed by atoms with van der Waals surface area (Å²) in [6.07, 6.45) is 0.990. The summed E-state index contributed by atoms with van der Waals surface area (Å²) in [5.41, 5.74) is 8.35. The first-order valence-electron chi connectivity index (χ1n) is 5.30. The first kappa shape index (κ1) is 10.2. The van der Waals surface area contributed by atoms with Crippen LogP contribution in [0.1, 0.15) is 12.5 Å². The quantitative estimate of drug-likeness (QED) is 0.747. The molecular weight excluding hydrogens is 186 g/mol. The van der Waals surface area contributed by atoms with E-state index in [1.54, 1.807) is 0 Å². The third-order valence-electron chi connectivity index (χ3n) is 2.98. The Hall–Kier alpha value is -1.28. The Morgan fingerprint density at radius 3 is 3.00 bits per heavy atom. The molecule has 0 spiro atoms. The summed E-state index contributed by atoms with van der Waals surface area (Å²) in [6, 6.07) is 8.19. The number of hydrogen-bond donors (Lipinski definition) is 1. The maximum Gasteiger partial charge on any atom is 0.122 e. The predicted molar refractivity (Wildman–Crippen MR) is 61.9 cm³/mol. The van der Waals surface area contributed by atoms with Crippen molar-refractivity contribution in [2.75, 3.05) is 6.61 Å². The zero-order valence-corrected chi connectivity index (χ0v) is 9.07. The summed E-state index contributed by atoms with van der Waals surface area (Å²) in [5.74, 6) is 1.36. The fourth-order valence-electron chi connectivity index (χ4n) is 1.98. The van der Waals surface area contributed by atoms with Crippen molar-refractivity contribution >= 4 is 0 Å². The highest BCUT2D eigenvalue weighted by Crippen LogP contribution is 2.28. The van der Waals surface area contributed by atoms with E-state index in [2.05, 4.69) is 12.6 Å². The van der Waals surface area contributed by atoms with Gasteiger partial charge in [0.1, 0.15) is 5.75 Å². The SMILES string of the molecule is C=C(C)C(N)C1COc2ccccc2C1. The van der Waals surface area contributed by atoms with Gasteiger partial charge in [0.25, 0.3) is 0 Å². The van der Waals surface area contributed by atoms with E-state index >= 15 is 0 Å². The van der Waals surface area contributed by atoms with E-state index in [-0.39, 0.29) is 6.04 Å². The van der Waals surface area contributed by atoms with Gasteiger partial charge in [-0.1, -0.05) is 30.4 Å². The fraction of sp³-hybridized carbons (Fsp3) is 0.385. The molecule has 2 atom stereocenters. The number of ether oxygens (including phenoxy) is 1. The van der Waals surface area contributed by atoms with Crippen LogP contribution in [-0.4, -0.2) is 12.6 Å². The molecule has 0 fully saturated rings. The number of nitrogens with two attached hydrogens (primary N) is 1. The summed E-state index contributed by atoms with van der Waals surface area (Å²) in [4.78, 5) is 0. The lowest BCUT2D eigenvalue weighted by molar-refractivity contribution is 0.208. The summed E-state index contributed by atoms with van der Waals surface area (Å²) in [5, 5.41) is 0. The van der Waals surface area contributed by atoms with Gasteiger partial charge in [-0.15, -0.1) is 0 Å². The van der Waals surface area contributed by atoms with E-state index in [0.29, 0.717) is 12.5 Å². The zero-order valence-electron chi connectivity index (χ0n) is 9.07. The van der Waals surface area contributed by atoms with Gasteiger partial charge < -0.3 is 10.5 Å². The summed E-state index contributed by atoms with van der Waals surface area (Å²) < 4.78 is 5.69. The lowest BCUT2D eigenvalue weighted by atomic mass is 9.88. The molecule has 0 radical (unpaired) electrons. The second-order valence-electron chi connectivity index (χ2n) is 4.26. The minimum atomic E-state index is 0.0401. The Labute approximate surface area is 90.7 Å². The van der Waals surface area contributed by atoms with Crippen LogP contribution in [-0.2, 0) is 6.42 Å². The van der Waals surface area contributed by atoms with Crippen molar-refractivity contribution in [1.29, 1.82) is 0 Å². The summed E-state index contributed by atoms with van der Waals surface area (Å²) >= 11 is 0. The second kappa shape index (κ2) is 4.07. The molecule has 1 aromatic carbocycles. The smallest absolute Gasteiger partial charge is 0.122 e. The minimum Gasteiger partial charge on any atom is -0.493 e. The summed E-state index contributed by atoms with van der Waals surface area (Å²) in [7, 11) is 0. The topological polar surface area (TPSA) is 35.2 Å². The van der Waals surface area contributed by atoms with Gasteiger partial charge in [0, 0.05) is 12.0 Å². The Morgan fingerprint density at radius 1 is 1.53 bits per heavy atom. The zero-order chi connectivity index (χ0) is 10.8. The van der Waals surface area contributed by atoms with Crippen LogP contribution in [0.5, 0.6) is 5.75 Å². The van der Waals surface area contributed by atoms with E-state index in [9.17, 15) is 0 Å². The van der Waals surface area contributed by atoms with E-state index in [4.69, 9.17) is 10.5 Å². The van der Waals surface area contributed by atoms with Crippen LogP contribution >= 0.6 is 0 Å². The van der Waals surface area contributed by atoms with Gasteiger partial charge in [-0.3, -0.25) is 0 Å². The molecule has 15 heavy (non-hydrogen) atoms. The molecule has 2 unspecified atom stereocenters. The third-order valence-corrected chi connectivity index (χ3v) is 2.98. The molecule has 1 heterocycles. The molecule has 0 saturated carbocycles. The molecule has 2 N–H and O–H groups in total. The molecule has 0 amide bonds. The van der Waals surface area contributed by atoms with Crippen molar-refractivity contribution < 1.29 is 4.74 Å². The largest absolute Gasteiger partial charge is 0.493 e. The van der Waals surface area contributed by atoms with E-state index in [1.165, 1.54) is 5.56 Å². The highest BCUT2D eigenvalue weighted by atomic mass is 16.5. The van der Waals surface area contributed by atoms with Gasteiger partial charge in [-0.25, -0.2) is 0 Å². The van der Waals surface area contributed by atoms with Crippen LogP contribution in [0, 0.1) is 5.92 Å². The van der Waals surface area contributed by atoms with Crippen LogP contribution in [0.3, 0.4) is 0 Å². The molecule has 1 aliphatic heterocycles. The molecule has 0 saturated heterocycles. The maximum atomic E-state index is 6.07. The average Bonchev–Trinajstić information content (AvgIpc) is 2.27. The van der Waals surface area contributed by atoms with Gasteiger partial charge >= 0.3 is 0 Å². The van der Waals surface area contributed by atoms with Gasteiger partial charge in [-0.05, 0) is 25.0 Å². The first-order valence-corrected chi connectivity index (χ1v) is 5.30. The molecule has 2 nitrogen and oxygen atoms in total. The Bertz CT molecular complexity index is 373. The second-order valence-corrected chi connectivity index (χ2v) is 4.26. The number of rotatable bonds is 2. The molecule has 0 aromatic heterocycles. The predicted octanol–water partition coefficient (Wildman–Crippen LogP) is 2.14. The van der Waals surface area contributed by atoms with Gasteiger partial charge in [0.15, 0.2) is 0 Å². The maximum absolute atomic E-state index is 6.07. The minimum absolute atomic E-state index is 0.0401. The lowest BCUT2D eigenvalue weighted by Gasteiger charge is -2.29. The molecule has 2 rings (SSSR count). The number of hydrogen-bond acceptors (Lipinski definition) is 2. The highest BCUT2D eigenvalue weighted by molar-refractivity contribution is 5.35. The van der Waals surface area contributed by atoms with Crippen LogP contribution < -0.4 is 10.5 Å². The van der Waals surface area contributed by atoms with Crippen molar-refractivity contribution in [3.8, 4) is 5.75 Å². The van der Waals surface area contributed by atoms with Crippen LogP contribution in [0.2, 0.25) is 0 Å². The first-order chi connectivity index (χ1) is 7.18. The number of benzene rings is 1. The standard InChI is InChI=1S/C13H17NO/c1-9(2)13(14)11-7-10-5-3-4-6-12(10)15-8-11/h3-6,11,13H,1,7-8,14H2,2H3. The number of para-hydroxylation sites is 1. The molecule has 2 heteroatoms. The lowest BCUT2D eigenvalue weighted by Crippen LogP contribution is -2.38. The fourth-order valence-corrected chi connectivity index (χ4v) is 1.98. The Balaban J connectivity index is 2.15. The normalized spacial score (nSPS) is 21.3.